The van der Waals surface area contributed by atoms with Crippen LogP contribution in [-0.4, -0.2) is 52.4 Å². The third-order valence-electron chi connectivity index (χ3n) is 5.81. The lowest BCUT2D eigenvalue weighted by Crippen LogP contribution is -2.33. The van der Waals surface area contributed by atoms with Crippen molar-refractivity contribution < 1.29 is 28.5 Å². The van der Waals surface area contributed by atoms with Crippen molar-refractivity contribution in [1.29, 1.82) is 0 Å². The van der Waals surface area contributed by atoms with E-state index in [1.807, 2.05) is 31.3 Å². The molecule has 0 aromatic heterocycles. The van der Waals surface area contributed by atoms with Gasteiger partial charge in [0, 0.05) is 24.6 Å². The normalized spacial score (nSPS) is 17.5. The number of nitrogens with zero attached hydrogens (tertiary/aromatic N) is 1. The predicted molar refractivity (Wildman–Crippen MR) is 116 cm³/mol. The average Bonchev–Trinajstić information content (AvgIpc) is 3.26. The van der Waals surface area contributed by atoms with E-state index < -0.39 is 0 Å². The van der Waals surface area contributed by atoms with E-state index in [4.69, 9.17) is 23.7 Å². The molecule has 0 fully saturated rings. The van der Waals surface area contributed by atoms with E-state index >= 15 is 0 Å². The van der Waals surface area contributed by atoms with E-state index in [1.165, 1.54) is 0 Å². The van der Waals surface area contributed by atoms with E-state index in [2.05, 4.69) is 4.90 Å². The number of benzene rings is 2. The van der Waals surface area contributed by atoms with E-state index in [9.17, 15) is 4.79 Å². The van der Waals surface area contributed by atoms with Crippen molar-refractivity contribution in [2.45, 2.75) is 18.9 Å². The maximum Gasteiger partial charge on any atom is 0.231 e. The number of carbonyl (C=O) groups excluding carboxylic acids is 1. The van der Waals surface area contributed by atoms with E-state index in [-0.39, 0.29) is 18.6 Å². The third kappa shape index (κ3) is 4.05. The molecule has 2 aliphatic heterocycles. The molecule has 7 heteroatoms. The summed E-state index contributed by atoms with van der Waals surface area (Å²) in [6.07, 6.45) is 4.61. The Balaban J connectivity index is 1.57. The first-order valence-corrected chi connectivity index (χ1v) is 10.2. The van der Waals surface area contributed by atoms with E-state index in [1.54, 1.807) is 33.5 Å². The van der Waals surface area contributed by atoms with Crippen molar-refractivity contribution in [1.82, 2.24) is 4.90 Å². The first kappa shape index (κ1) is 21.1. The van der Waals surface area contributed by atoms with Gasteiger partial charge in [0.2, 0.25) is 12.5 Å². The minimum absolute atomic E-state index is 0.0270. The van der Waals surface area contributed by atoms with Crippen LogP contribution < -0.4 is 23.7 Å². The Morgan fingerprint density at radius 1 is 1.13 bits per heavy atom. The Kier molecular flexibility index (Phi) is 6.04. The highest BCUT2D eigenvalue weighted by molar-refractivity contribution is 5.94. The Hall–Kier alpha value is -3.19. The summed E-state index contributed by atoms with van der Waals surface area (Å²) in [4.78, 5) is 15.1. The molecule has 1 unspecified atom stereocenters. The second-order valence-electron chi connectivity index (χ2n) is 7.58. The molecule has 0 radical (unpaired) electrons. The number of allylic oxidation sites excluding steroid dienone is 1. The van der Waals surface area contributed by atoms with Gasteiger partial charge >= 0.3 is 0 Å². The molecule has 2 aromatic carbocycles. The number of rotatable bonds is 7. The van der Waals surface area contributed by atoms with Crippen LogP contribution in [0, 0.1) is 0 Å². The van der Waals surface area contributed by atoms with Crippen molar-refractivity contribution in [3.63, 3.8) is 0 Å². The lowest BCUT2D eigenvalue weighted by atomic mass is 9.88. The fourth-order valence-electron chi connectivity index (χ4n) is 4.19. The number of ketones is 1. The molecular weight excluding hydrogens is 398 g/mol. The van der Waals surface area contributed by atoms with Gasteiger partial charge in [0.15, 0.2) is 28.8 Å². The van der Waals surface area contributed by atoms with Crippen molar-refractivity contribution in [2.75, 3.05) is 41.7 Å². The molecule has 4 rings (SSSR count). The van der Waals surface area contributed by atoms with Crippen LogP contribution >= 0.6 is 0 Å². The number of hydrogen-bond donors (Lipinski definition) is 0. The highest BCUT2D eigenvalue weighted by Crippen LogP contribution is 2.50. The standard InChI is InChI=1S/C24H27NO6/c1-25-10-9-16-12-21-23(31-14-30-21)24(29-4)22(16)18(25)13-17(26)7-5-15-6-8-19(27-2)20(11-15)28-3/h5-8,11-12,18H,9-10,13-14H2,1-4H3. The number of carbonyl (C=O) groups is 1. The number of likely N-dealkylation sites (N-methyl/N-ethyl adjacent to an activating group) is 1. The SMILES string of the molecule is COc1ccc(C=CC(=O)CC2c3c(cc4c(c3OC)OCO4)CCN2C)cc1OC. The third-order valence-corrected chi connectivity index (χ3v) is 5.81. The van der Waals surface area contributed by atoms with Crippen molar-refractivity contribution >= 4 is 11.9 Å². The second-order valence-corrected chi connectivity index (χ2v) is 7.58. The molecule has 0 N–H and O–H groups in total. The maximum atomic E-state index is 12.9. The molecule has 0 aliphatic carbocycles. The molecule has 164 valence electrons. The average molecular weight is 425 g/mol. The summed E-state index contributed by atoms with van der Waals surface area (Å²) in [5, 5.41) is 0. The van der Waals surface area contributed by atoms with Gasteiger partial charge in [-0.1, -0.05) is 12.1 Å². The van der Waals surface area contributed by atoms with Crippen LogP contribution in [0.4, 0.5) is 0 Å². The fourth-order valence-corrected chi connectivity index (χ4v) is 4.19. The summed E-state index contributed by atoms with van der Waals surface area (Å²) in [5.74, 6) is 3.29. The van der Waals surface area contributed by atoms with Crippen LogP contribution in [0.5, 0.6) is 28.7 Å². The molecule has 0 amide bonds. The summed E-state index contributed by atoms with van der Waals surface area (Å²) >= 11 is 0. The quantitative estimate of drug-likeness (QED) is 0.628. The summed E-state index contributed by atoms with van der Waals surface area (Å²) in [6.45, 7) is 1.04. The Labute approximate surface area is 182 Å². The van der Waals surface area contributed by atoms with Gasteiger partial charge in [-0.2, -0.15) is 0 Å². The van der Waals surface area contributed by atoms with Crippen LogP contribution in [0.1, 0.15) is 29.2 Å². The van der Waals surface area contributed by atoms with Gasteiger partial charge in [-0.3, -0.25) is 9.69 Å². The number of fused-ring (bicyclic) bond motifs is 2. The molecule has 0 bridgehead atoms. The summed E-state index contributed by atoms with van der Waals surface area (Å²) < 4.78 is 27.5. The van der Waals surface area contributed by atoms with Gasteiger partial charge < -0.3 is 23.7 Å². The molecule has 0 spiro atoms. The molecule has 2 aliphatic rings. The van der Waals surface area contributed by atoms with E-state index in [0.717, 1.165) is 29.7 Å². The molecule has 1 atom stereocenters. The fraction of sp³-hybridized carbons (Fsp3) is 0.375. The zero-order valence-corrected chi connectivity index (χ0v) is 18.3. The van der Waals surface area contributed by atoms with Crippen LogP contribution in [0.3, 0.4) is 0 Å². The lowest BCUT2D eigenvalue weighted by molar-refractivity contribution is -0.115. The topological polar surface area (TPSA) is 66.5 Å². The van der Waals surface area contributed by atoms with Gasteiger partial charge in [0.05, 0.1) is 21.3 Å². The molecule has 31 heavy (non-hydrogen) atoms. The largest absolute Gasteiger partial charge is 0.493 e. The van der Waals surface area contributed by atoms with Crippen molar-refractivity contribution in [2.24, 2.45) is 0 Å². The predicted octanol–water partition coefficient (Wildman–Crippen LogP) is 3.64. The Morgan fingerprint density at radius 3 is 2.68 bits per heavy atom. The monoisotopic (exact) mass is 425 g/mol. The number of hydrogen-bond acceptors (Lipinski definition) is 7. The van der Waals surface area contributed by atoms with Crippen LogP contribution in [0.2, 0.25) is 0 Å². The van der Waals surface area contributed by atoms with Gasteiger partial charge in [0.1, 0.15) is 0 Å². The Morgan fingerprint density at radius 2 is 1.94 bits per heavy atom. The van der Waals surface area contributed by atoms with Crippen LogP contribution in [0.25, 0.3) is 6.08 Å². The van der Waals surface area contributed by atoms with Gasteiger partial charge in [-0.05, 0) is 48.9 Å². The minimum Gasteiger partial charge on any atom is -0.493 e. The highest BCUT2D eigenvalue weighted by Gasteiger charge is 2.34. The molecule has 0 saturated carbocycles. The summed E-state index contributed by atoms with van der Waals surface area (Å²) in [6, 6.07) is 7.47. The van der Waals surface area contributed by atoms with Gasteiger partial charge in [0.25, 0.3) is 0 Å². The lowest BCUT2D eigenvalue weighted by Gasteiger charge is -2.35. The Bertz CT molecular complexity index is 1020. The minimum atomic E-state index is -0.101. The molecule has 0 saturated heterocycles. The first-order chi connectivity index (χ1) is 15.0. The maximum absolute atomic E-state index is 12.9. The van der Waals surface area contributed by atoms with Gasteiger partial charge in [-0.15, -0.1) is 0 Å². The van der Waals surface area contributed by atoms with Crippen molar-refractivity contribution in [3.05, 3.63) is 47.0 Å². The zero-order chi connectivity index (χ0) is 22.0. The molecular formula is C24H27NO6. The van der Waals surface area contributed by atoms with Crippen molar-refractivity contribution in [3.8, 4) is 28.7 Å². The van der Waals surface area contributed by atoms with Crippen LogP contribution in [-0.2, 0) is 11.2 Å². The first-order valence-electron chi connectivity index (χ1n) is 10.2. The highest BCUT2D eigenvalue weighted by atomic mass is 16.7. The van der Waals surface area contributed by atoms with Gasteiger partial charge in [-0.25, -0.2) is 0 Å². The summed E-state index contributed by atoms with van der Waals surface area (Å²) in [7, 11) is 6.84. The summed E-state index contributed by atoms with van der Waals surface area (Å²) in [5.41, 5.74) is 3.01. The number of methoxy groups -OCH3 is 3. The van der Waals surface area contributed by atoms with E-state index in [0.29, 0.717) is 35.2 Å². The molecule has 2 aromatic rings. The second kappa shape index (κ2) is 8.89. The van der Waals surface area contributed by atoms with Crippen LogP contribution in [0.15, 0.2) is 30.3 Å². The smallest absolute Gasteiger partial charge is 0.231 e. The molecule has 2 heterocycles. The molecule has 7 nitrogen and oxygen atoms in total. The zero-order valence-electron chi connectivity index (χ0n) is 18.3. The number of ether oxygens (including phenoxy) is 5.